The van der Waals surface area contributed by atoms with Gasteiger partial charge in [-0.05, 0) is 30.1 Å². The predicted octanol–water partition coefficient (Wildman–Crippen LogP) is 2.18. The molecule has 1 aromatic heterocycles. The summed E-state index contributed by atoms with van der Waals surface area (Å²) in [6.45, 7) is 5.90. The van der Waals surface area contributed by atoms with Gasteiger partial charge in [-0.2, -0.15) is 10.1 Å². The molecule has 3 heterocycles. The third-order valence-electron chi connectivity index (χ3n) is 4.56. The summed E-state index contributed by atoms with van der Waals surface area (Å²) in [6, 6.07) is -0.496. The van der Waals surface area contributed by atoms with Crippen LogP contribution in [0.1, 0.15) is 32.1 Å². The van der Waals surface area contributed by atoms with Gasteiger partial charge in [-0.1, -0.05) is 26.0 Å². The summed E-state index contributed by atoms with van der Waals surface area (Å²) in [7, 11) is 0. The first-order valence-electron chi connectivity index (χ1n) is 8.10. The Morgan fingerprint density at radius 1 is 1.43 bits per heavy atom. The van der Waals surface area contributed by atoms with E-state index in [2.05, 4.69) is 34.4 Å². The first kappa shape index (κ1) is 14.6. The number of nitrogens with one attached hydrogen (secondary N) is 1. The van der Waals surface area contributed by atoms with E-state index < -0.39 is 12.2 Å². The Morgan fingerprint density at radius 2 is 2.30 bits per heavy atom. The molecule has 122 valence electrons. The van der Waals surface area contributed by atoms with E-state index in [1.165, 1.54) is 0 Å². The molecule has 4 rings (SSSR count). The summed E-state index contributed by atoms with van der Waals surface area (Å²) < 4.78 is 19.9. The average Bonchev–Trinajstić information content (AvgIpc) is 3.25. The van der Waals surface area contributed by atoms with E-state index >= 15 is 0 Å². The summed E-state index contributed by atoms with van der Waals surface area (Å²) in [4.78, 5) is 4.48. The third-order valence-corrected chi connectivity index (χ3v) is 4.56. The maximum Gasteiger partial charge on any atom is 0.287 e. The minimum atomic E-state index is -1.13. The molecule has 0 amide bonds. The van der Waals surface area contributed by atoms with E-state index in [9.17, 15) is 4.39 Å². The number of halogens is 1. The van der Waals surface area contributed by atoms with Crippen LogP contribution < -0.4 is 10.3 Å². The molecule has 0 aromatic carbocycles. The first-order chi connectivity index (χ1) is 11.1. The maximum absolute atomic E-state index is 14.5. The Kier molecular flexibility index (Phi) is 3.52. The molecule has 0 spiro atoms. The second kappa shape index (κ2) is 5.56. The van der Waals surface area contributed by atoms with Crippen LogP contribution in [0.2, 0.25) is 0 Å². The Hall–Kier alpha value is -2.02. The molecule has 0 bridgehead atoms. The molecular weight excluding hydrogens is 297 g/mol. The van der Waals surface area contributed by atoms with Crippen LogP contribution >= 0.6 is 0 Å². The number of hydrogen-bond acceptors (Lipinski definition) is 6. The lowest BCUT2D eigenvalue weighted by atomic mass is 9.90. The Labute approximate surface area is 134 Å². The fourth-order valence-electron chi connectivity index (χ4n) is 3.35. The summed E-state index contributed by atoms with van der Waals surface area (Å²) in [5.74, 6) is 1.38. The van der Waals surface area contributed by atoms with Crippen molar-refractivity contribution < 1.29 is 8.91 Å². The summed E-state index contributed by atoms with van der Waals surface area (Å²) in [5.41, 5.74) is 1.79. The number of hydrogen-bond donors (Lipinski definition) is 1. The molecule has 1 fully saturated rings. The summed E-state index contributed by atoms with van der Waals surface area (Å²) >= 11 is 0. The molecule has 3 aliphatic rings. The van der Waals surface area contributed by atoms with Crippen LogP contribution in [-0.2, 0) is 0 Å². The van der Waals surface area contributed by atoms with Gasteiger partial charge in [0.25, 0.3) is 5.95 Å². The van der Waals surface area contributed by atoms with Crippen molar-refractivity contribution in [3.05, 3.63) is 29.7 Å². The van der Waals surface area contributed by atoms with Crippen LogP contribution in [0, 0.1) is 5.92 Å². The molecule has 1 N–H and O–H groups in total. The summed E-state index contributed by atoms with van der Waals surface area (Å²) in [5, 5.41) is 13.5. The van der Waals surface area contributed by atoms with Crippen molar-refractivity contribution >= 4 is 11.7 Å². The van der Waals surface area contributed by atoms with Gasteiger partial charge in [0.1, 0.15) is 12.2 Å². The third kappa shape index (κ3) is 2.39. The number of hydrazone groups is 1. The lowest BCUT2D eigenvalue weighted by molar-refractivity contribution is 0.345. The highest BCUT2D eigenvalue weighted by molar-refractivity contribution is 6.06. The van der Waals surface area contributed by atoms with Gasteiger partial charge in [-0.3, -0.25) is 0 Å². The van der Waals surface area contributed by atoms with Crippen LogP contribution in [0.4, 0.5) is 10.3 Å². The van der Waals surface area contributed by atoms with Gasteiger partial charge in [0.15, 0.2) is 0 Å². The van der Waals surface area contributed by atoms with Crippen LogP contribution in [0.15, 0.2) is 33.4 Å². The fourth-order valence-corrected chi connectivity index (χ4v) is 3.35. The quantitative estimate of drug-likeness (QED) is 0.925. The molecule has 0 saturated carbocycles. The molecule has 3 atom stereocenters. The van der Waals surface area contributed by atoms with Crippen molar-refractivity contribution in [1.29, 1.82) is 0 Å². The van der Waals surface area contributed by atoms with Crippen molar-refractivity contribution in [3.63, 3.8) is 0 Å². The predicted molar refractivity (Wildman–Crippen MR) is 85.2 cm³/mol. The van der Waals surface area contributed by atoms with Crippen LogP contribution in [0.5, 0.6) is 0 Å². The second-order valence-electron chi connectivity index (χ2n) is 6.50. The van der Waals surface area contributed by atoms with Gasteiger partial charge < -0.3 is 9.84 Å². The SMILES string of the molecule is CC(C)C1=NN(c2noc(C3CCNC3)n2)C2C1=CC=CC2F. The zero-order valence-corrected chi connectivity index (χ0v) is 13.2. The van der Waals surface area contributed by atoms with E-state index in [1.807, 2.05) is 6.08 Å². The van der Waals surface area contributed by atoms with Crippen molar-refractivity contribution in [2.24, 2.45) is 11.0 Å². The minimum Gasteiger partial charge on any atom is -0.337 e. The van der Waals surface area contributed by atoms with Crippen molar-refractivity contribution in [2.75, 3.05) is 18.1 Å². The Bertz CT molecular complexity index is 686. The zero-order valence-electron chi connectivity index (χ0n) is 13.2. The Balaban J connectivity index is 1.67. The minimum absolute atomic E-state index is 0.206. The highest BCUT2D eigenvalue weighted by atomic mass is 19.1. The highest BCUT2D eigenvalue weighted by Gasteiger charge is 2.42. The number of aromatic nitrogens is 2. The van der Waals surface area contributed by atoms with Gasteiger partial charge in [0.2, 0.25) is 5.89 Å². The number of alkyl halides is 1. The fraction of sp³-hybridized carbons (Fsp3) is 0.562. The Morgan fingerprint density at radius 3 is 3.04 bits per heavy atom. The largest absolute Gasteiger partial charge is 0.337 e. The smallest absolute Gasteiger partial charge is 0.287 e. The standard InChI is InChI=1S/C16H20FN5O/c1-9(2)13-11-4-3-5-12(17)14(11)22(20-13)16-19-15(23-21-16)10-6-7-18-8-10/h3-5,9-10,12,14,18H,6-8H2,1-2H3. The number of rotatable bonds is 3. The van der Waals surface area contributed by atoms with Crippen LogP contribution in [-0.4, -0.2) is 41.2 Å². The van der Waals surface area contributed by atoms with E-state index in [4.69, 9.17) is 4.52 Å². The van der Waals surface area contributed by atoms with Crippen molar-refractivity contribution in [1.82, 2.24) is 15.5 Å². The molecular formula is C16H20FN5O. The molecule has 2 aliphatic heterocycles. The monoisotopic (exact) mass is 317 g/mol. The maximum atomic E-state index is 14.5. The van der Waals surface area contributed by atoms with Gasteiger partial charge in [0, 0.05) is 12.1 Å². The van der Waals surface area contributed by atoms with Gasteiger partial charge in [-0.25, -0.2) is 9.40 Å². The van der Waals surface area contributed by atoms with Gasteiger partial charge in [-0.15, -0.1) is 0 Å². The zero-order chi connectivity index (χ0) is 16.0. The second-order valence-corrected chi connectivity index (χ2v) is 6.50. The topological polar surface area (TPSA) is 66.6 Å². The molecule has 6 nitrogen and oxygen atoms in total. The molecule has 1 aliphatic carbocycles. The van der Waals surface area contributed by atoms with Crippen LogP contribution in [0.25, 0.3) is 0 Å². The van der Waals surface area contributed by atoms with E-state index in [-0.39, 0.29) is 11.8 Å². The number of fused-ring (bicyclic) bond motifs is 1. The van der Waals surface area contributed by atoms with E-state index in [0.29, 0.717) is 11.8 Å². The molecule has 7 heteroatoms. The normalized spacial score (nSPS) is 29.9. The highest BCUT2D eigenvalue weighted by Crippen LogP contribution is 2.35. The number of allylic oxidation sites excluding steroid dienone is 2. The average molecular weight is 317 g/mol. The van der Waals surface area contributed by atoms with E-state index in [1.54, 1.807) is 17.2 Å². The molecule has 1 aromatic rings. The molecule has 23 heavy (non-hydrogen) atoms. The molecule has 0 radical (unpaired) electrons. The van der Waals surface area contributed by atoms with Gasteiger partial charge >= 0.3 is 0 Å². The molecule has 3 unspecified atom stereocenters. The van der Waals surface area contributed by atoms with E-state index in [0.717, 1.165) is 30.8 Å². The first-order valence-corrected chi connectivity index (χ1v) is 8.10. The number of anilines is 1. The molecule has 1 saturated heterocycles. The van der Waals surface area contributed by atoms with Gasteiger partial charge in [0.05, 0.1) is 11.6 Å². The lowest BCUT2D eigenvalue weighted by Crippen LogP contribution is -2.38. The van der Waals surface area contributed by atoms with Crippen molar-refractivity contribution in [3.8, 4) is 0 Å². The van der Waals surface area contributed by atoms with Crippen molar-refractivity contribution in [2.45, 2.75) is 38.4 Å². The summed E-state index contributed by atoms with van der Waals surface area (Å²) in [6.07, 6.45) is 5.07. The van der Waals surface area contributed by atoms with Crippen LogP contribution in [0.3, 0.4) is 0 Å². The lowest BCUT2D eigenvalue weighted by Gasteiger charge is -2.24. The number of nitrogens with zero attached hydrogens (tertiary/aromatic N) is 4.